The third-order valence-electron chi connectivity index (χ3n) is 5.30. The first-order valence-corrected chi connectivity index (χ1v) is 8.69. The molecule has 0 amide bonds. The smallest absolute Gasteiger partial charge is 0.164 e. The molecule has 3 N–H and O–H groups in total. The zero-order chi connectivity index (χ0) is 20.2. The number of benzene rings is 1. The van der Waals surface area contributed by atoms with Crippen molar-refractivity contribution in [1.29, 1.82) is 0 Å². The summed E-state index contributed by atoms with van der Waals surface area (Å²) >= 11 is 0. The molecule has 2 aromatic heterocycles. The van der Waals surface area contributed by atoms with Gasteiger partial charge in [-0.2, -0.15) is 0 Å². The van der Waals surface area contributed by atoms with Gasteiger partial charge in [-0.1, -0.05) is 12.1 Å². The Kier molecular flexibility index (Phi) is 4.42. The molecule has 1 aliphatic rings. The number of hydrogen-bond acceptors (Lipinski definition) is 6. The van der Waals surface area contributed by atoms with E-state index in [-0.39, 0.29) is 5.56 Å². The van der Waals surface area contributed by atoms with Crippen LogP contribution in [-0.4, -0.2) is 47.7 Å². The lowest BCUT2D eigenvalue weighted by atomic mass is 9.88. The molecule has 1 aromatic carbocycles. The van der Waals surface area contributed by atoms with E-state index in [1.165, 1.54) is 30.0 Å². The normalized spacial score (nSPS) is 28.8. The van der Waals surface area contributed by atoms with Crippen molar-refractivity contribution < 1.29 is 28.8 Å². The van der Waals surface area contributed by atoms with E-state index in [1.807, 2.05) is 0 Å². The van der Waals surface area contributed by atoms with E-state index in [0.29, 0.717) is 5.65 Å². The molecule has 0 radical (unpaired) electrons. The highest BCUT2D eigenvalue weighted by molar-refractivity contribution is 5.78. The molecule has 0 unspecified atom stereocenters. The third-order valence-corrected chi connectivity index (χ3v) is 5.30. The summed E-state index contributed by atoms with van der Waals surface area (Å²) in [6.45, 7) is 3.07. The Hall–Kier alpha value is -2.46. The van der Waals surface area contributed by atoms with Crippen molar-refractivity contribution in [2.45, 2.75) is 44.0 Å². The van der Waals surface area contributed by atoms with E-state index < -0.39 is 41.8 Å². The number of hydrogen-bond donors (Lipinski definition) is 3. The Balaban J connectivity index is 1.73. The maximum atomic E-state index is 14.1. The topological polar surface area (TPSA) is 101 Å². The lowest BCUT2D eigenvalue weighted by Gasteiger charge is -2.29. The van der Waals surface area contributed by atoms with Crippen LogP contribution in [0.15, 0.2) is 36.8 Å². The van der Waals surface area contributed by atoms with Crippen molar-refractivity contribution in [3.05, 3.63) is 59.7 Å². The molecule has 28 heavy (non-hydrogen) atoms. The molecular weight excluding hydrogens is 372 g/mol. The van der Waals surface area contributed by atoms with Crippen LogP contribution in [-0.2, 0) is 4.74 Å². The molecule has 1 saturated heterocycles. The van der Waals surface area contributed by atoms with Crippen molar-refractivity contribution >= 4 is 11.0 Å². The Morgan fingerprint density at radius 1 is 1.25 bits per heavy atom. The minimum atomic E-state index is -1.94. The van der Waals surface area contributed by atoms with Gasteiger partial charge in [-0.3, -0.25) is 0 Å². The Morgan fingerprint density at radius 3 is 2.75 bits per heavy atom. The maximum Gasteiger partial charge on any atom is 0.164 e. The number of aliphatic hydroxyl groups excluding tert-OH is 2. The zero-order valence-corrected chi connectivity index (χ0v) is 15.1. The van der Waals surface area contributed by atoms with Crippen LogP contribution in [0.2, 0.25) is 0 Å². The van der Waals surface area contributed by atoms with Crippen LogP contribution in [0.1, 0.15) is 30.5 Å². The fraction of sp³-hybridized carbons (Fsp3) is 0.368. The van der Waals surface area contributed by atoms with Gasteiger partial charge in [0.15, 0.2) is 17.9 Å². The fourth-order valence-electron chi connectivity index (χ4n) is 3.65. The van der Waals surface area contributed by atoms with E-state index >= 15 is 0 Å². The predicted octanol–water partition coefficient (Wildman–Crippen LogP) is 1.76. The number of aryl methyl sites for hydroxylation is 1. The van der Waals surface area contributed by atoms with Crippen molar-refractivity contribution in [3.8, 4) is 0 Å². The van der Waals surface area contributed by atoms with Crippen molar-refractivity contribution in [3.63, 3.8) is 0 Å². The second-order valence-electron chi connectivity index (χ2n) is 7.13. The Labute approximate surface area is 158 Å². The number of halogens is 2. The quantitative estimate of drug-likeness (QED) is 0.629. The number of ether oxygens (including phenoxy) is 1. The predicted molar refractivity (Wildman–Crippen MR) is 94.1 cm³/mol. The summed E-state index contributed by atoms with van der Waals surface area (Å²) in [5.74, 6) is -2.36. The molecule has 4 rings (SSSR count). The molecule has 0 saturated carbocycles. The van der Waals surface area contributed by atoms with Gasteiger partial charge in [0, 0.05) is 17.1 Å². The van der Waals surface area contributed by atoms with Gasteiger partial charge in [0.2, 0.25) is 0 Å². The standard InChI is InChI=1S/C19H19F2N3O4/c1-9-10-6-7-24(17(10)23-8-22-9)18-15(26)19(2,27)16(28-18)14(25)11-4-3-5-12(20)13(11)21/h3-8,14-16,18,25-27H,1-2H3/t14-,15-,16+,18+,19-/m0/s1. The van der Waals surface area contributed by atoms with Crippen LogP contribution in [0.5, 0.6) is 0 Å². The summed E-state index contributed by atoms with van der Waals surface area (Å²) < 4.78 is 34.9. The molecule has 148 valence electrons. The van der Waals surface area contributed by atoms with Gasteiger partial charge < -0.3 is 24.6 Å². The first kappa shape index (κ1) is 18.9. The van der Waals surface area contributed by atoms with Crippen molar-refractivity contribution in [2.24, 2.45) is 0 Å². The molecule has 7 nitrogen and oxygen atoms in total. The molecule has 0 aliphatic carbocycles. The summed E-state index contributed by atoms with van der Waals surface area (Å²) in [5, 5.41) is 32.9. The maximum absolute atomic E-state index is 14.1. The zero-order valence-electron chi connectivity index (χ0n) is 15.1. The largest absolute Gasteiger partial charge is 0.385 e. The van der Waals surface area contributed by atoms with E-state index in [9.17, 15) is 24.1 Å². The van der Waals surface area contributed by atoms with Gasteiger partial charge in [-0.15, -0.1) is 0 Å². The third kappa shape index (κ3) is 2.70. The molecule has 5 atom stereocenters. The van der Waals surface area contributed by atoms with Gasteiger partial charge in [0.25, 0.3) is 0 Å². The first-order chi connectivity index (χ1) is 13.2. The number of aliphatic hydroxyl groups is 3. The molecule has 3 aromatic rings. The summed E-state index contributed by atoms with van der Waals surface area (Å²) in [7, 11) is 0. The lowest BCUT2D eigenvalue weighted by Crippen LogP contribution is -2.47. The number of nitrogens with zero attached hydrogens (tertiary/aromatic N) is 3. The van der Waals surface area contributed by atoms with Crippen molar-refractivity contribution in [2.75, 3.05) is 0 Å². The average molecular weight is 391 g/mol. The second-order valence-corrected chi connectivity index (χ2v) is 7.13. The first-order valence-electron chi connectivity index (χ1n) is 8.69. The SMILES string of the molecule is Cc1ncnc2c1ccn2[C@@H]1O[C@H]([C@@H](O)c2cccc(F)c2F)[C@@](C)(O)[C@H]1O. The van der Waals surface area contributed by atoms with Gasteiger partial charge in [-0.25, -0.2) is 18.7 Å². The molecule has 0 spiro atoms. The molecule has 3 heterocycles. The van der Waals surface area contributed by atoms with Gasteiger partial charge in [0.05, 0.1) is 5.69 Å². The highest BCUT2D eigenvalue weighted by Crippen LogP contribution is 2.43. The molecule has 9 heteroatoms. The summed E-state index contributed by atoms with van der Waals surface area (Å²) in [5.41, 5.74) is -1.11. The van der Waals surface area contributed by atoms with Crippen LogP contribution < -0.4 is 0 Å². The highest BCUT2D eigenvalue weighted by Gasteiger charge is 2.56. The number of aromatic nitrogens is 3. The van der Waals surface area contributed by atoms with Gasteiger partial charge >= 0.3 is 0 Å². The molecule has 0 bridgehead atoms. The number of fused-ring (bicyclic) bond motifs is 1. The van der Waals surface area contributed by atoms with E-state index in [2.05, 4.69) is 9.97 Å². The van der Waals surface area contributed by atoms with Crippen LogP contribution in [0.4, 0.5) is 8.78 Å². The van der Waals surface area contributed by atoms with Gasteiger partial charge in [0.1, 0.15) is 35.9 Å². The van der Waals surface area contributed by atoms with E-state index in [4.69, 9.17) is 4.74 Å². The highest BCUT2D eigenvalue weighted by atomic mass is 19.2. The average Bonchev–Trinajstić information content (AvgIpc) is 3.18. The Bertz CT molecular complexity index is 1040. The van der Waals surface area contributed by atoms with Crippen LogP contribution in [0, 0.1) is 18.6 Å². The Morgan fingerprint density at radius 2 is 2.00 bits per heavy atom. The summed E-state index contributed by atoms with van der Waals surface area (Å²) in [4.78, 5) is 8.29. The van der Waals surface area contributed by atoms with E-state index in [1.54, 1.807) is 19.2 Å². The van der Waals surface area contributed by atoms with E-state index in [0.717, 1.165) is 17.1 Å². The van der Waals surface area contributed by atoms with Crippen LogP contribution in [0.3, 0.4) is 0 Å². The van der Waals surface area contributed by atoms with Crippen LogP contribution >= 0.6 is 0 Å². The fourth-order valence-corrected chi connectivity index (χ4v) is 3.65. The second kappa shape index (κ2) is 6.56. The molecule has 1 fully saturated rings. The lowest BCUT2D eigenvalue weighted by molar-refractivity contribution is -0.115. The number of rotatable bonds is 3. The minimum absolute atomic E-state index is 0.367. The summed E-state index contributed by atoms with van der Waals surface area (Å²) in [6, 6.07) is 5.11. The molecular formula is C19H19F2N3O4. The summed E-state index contributed by atoms with van der Waals surface area (Å²) in [6.07, 6.45) is -2.70. The van der Waals surface area contributed by atoms with Gasteiger partial charge in [-0.05, 0) is 26.0 Å². The van der Waals surface area contributed by atoms with Crippen LogP contribution in [0.25, 0.3) is 11.0 Å². The molecule has 1 aliphatic heterocycles. The minimum Gasteiger partial charge on any atom is -0.385 e. The monoisotopic (exact) mass is 391 g/mol. The van der Waals surface area contributed by atoms with Crippen molar-refractivity contribution in [1.82, 2.24) is 14.5 Å².